The van der Waals surface area contributed by atoms with Crippen LogP contribution in [-0.4, -0.2) is 39.5 Å². The van der Waals surface area contributed by atoms with Gasteiger partial charge in [-0.05, 0) is 81.4 Å². The van der Waals surface area contributed by atoms with Gasteiger partial charge in [0, 0.05) is 33.5 Å². The smallest absolute Gasteiger partial charge is 0.268 e. The minimum Gasteiger partial charge on any atom is -0.506 e. The maximum atomic E-state index is 10.1. The van der Waals surface area contributed by atoms with E-state index >= 15 is 0 Å². The number of rotatable bonds is 6. The highest BCUT2D eigenvalue weighted by Gasteiger charge is 2.07. The quantitative estimate of drug-likeness (QED) is 0.0886. The van der Waals surface area contributed by atoms with Gasteiger partial charge < -0.3 is 20.8 Å². The van der Waals surface area contributed by atoms with Crippen molar-refractivity contribution in [3.05, 3.63) is 74.3 Å². The predicted octanol–water partition coefficient (Wildman–Crippen LogP) is 5.27. The van der Waals surface area contributed by atoms with Crippen LogP contribution in [-0.2, 0) is 13.0 Å². The summed E-state index contributed by atoms with van der Waals surface area (Å²) in [5.74, 6) is 0.434. The maximum absolute atomic E-state index is 10.1. The first kappa shape index (κ1) is 29.0. The van der Waals surface area contributed by atoms with Gasteiger partial charge in [-0.15, -0.1) is 11.3 Å². The maximum Gasteiger partial charge on any atom is 0.268 e. The second kappa shape index (κ2) is 14.4. The zero-order valence-corrected chi connectivity index (χ0v) is 24.4. The fraction of sp³-hybridized carbons (Fsp3) is 0.190. The molecule has 0 fully saturated rings. The summed E-state index contributed by atoms with van der Waals surface area (Å²) in [4.78, 5) is 19.1. The molecular weight excluding hydrogens is 722 g/mol. The lowest BCUT2D eigenvalue weighted by atomic mass is 10.1. The fourth-order valence-corrected chi connectivity index (χ4v) is 5.31. The lowest BCUT2D eigenvalue weighted by Gasteiger charge is -2.04. The number of hydrogen-bond acceptors (Lipinski definition) is 7. The van der Waals surface area contributed by atoms with E-state index in [0.717, 1.165) is 24.0 Å². The van der Waals surface area contributed by atoms with Gasteiger partial charge >= 0.3 is 0 Å². The average molecular weight is 743 g/mol. The molecule has 0 spiro atoms. The third kappa shape index (κ3) is 9.73. The molecule has 4 N–H and O–H groups in total. The van der Waals surface area contributed by atoms with Gasteiger partial charge in [0.15, 0.2) is 9.50 Å². The number of phenols is 2. The van der Waals surface area contributed by atoms with Crippen LogP contribution >= 0.6 is 68.1 Å². The first-order valence-electron chi connectivity index (χ1n) is 9.91. The molecule has 1 heterocycles. The predicted molar refractivity (Wildman–Crippen MR) is 156 cm³/mol. The van der Waals surface area contributed by atoms with Gasteiger partial charge in [-0.3, -0.25) is 4.99 Å². The summed E-state index contributed by atoms with van der Waals surface area (Å²) < 4.78 is 2.24. The van der Waals surface area contributed by atoms with E-state index in [1.54, 1.807) is 18.5 Å². The summed E-state index contributed by atoms with van der Waals surface area (Å²) in [6.07, 6.45) is 4.06. The van der Waals surface area contributed by atoms with Crippen molar-refractivity contribution < 1.29 is 15.2 Å². The molecule has 186 valence electrons. The number of phenolic OH excluding ortho intramolecular Hbond substituents is 2. The van der Waals surface area contributed by atoms with Gasteiger partial charge in [0.2, 0.25) is 0 Å². The second-order valence-corrected chi connectivity index (χ2v) is 10.7. The molecule has 0 saturated carbocycles. The standard InChI is InChI=1S/C15H13I2NO2.C6H8ClN5O2S/c1-2-9-3-4-14(19)13(5-9)18-8-10-6-11(16)7-12(17)15(10)20;1-8-6(11-12(13)14)10-3-4-2-9-5(7)15-4/h3-8,19-20H,2H2,1H3;2H,3H2,1H3,(H2,8,10,11). The monoisotopic (exact) mass is 742 g/mol. The second-order valence-electron chi connectivity index (χ2n) is 6.63. The molecule has 0 saturated heterocycles. The van der Waals surface area contributed by atoms with Crippen LogP contribution in [0, 0.1) is 17.3 Å². The number of guanidine groups is 1. The molecule has 2 aromatic carbocycles. The highest BCUT2D eigenvalue weighted by Crippen LogP contribution is 2.29. The first-order valence-corrected chi connectivity index (χ1v) is 13.3. The van der Waals surface area contributed by atoms with Crippen molar-refractivity contribution in [2.75, 3.05) is 7.05 Å². The summed E-state index contributed by atoms with van der Waals surface area (Å²) >= 11 is 11.2. The Bertz CT molecular complexity index is 1240. The van der Waals surface area contributed by atoms with Crippen LogP contribution in [0.25, 0.3) is 0 Å². The highest BCUT2D eigenvalue weighted by atomic mass is 127. The number of hydrogen-bond donors (Lipinski definition) is 4. The van der Waals surface area contributed by atoms with E-state index in [0.29, 0.717) is 22.3 Å². The van der Waals surface area contributed by atoms with Gasteiger partial charge in [0.05, 0.1) is 10.1 Å². The Labute approximate surface area is 238 Å². The number of aromatic hydroxyl groups is 2. The Morgan fingerprint density at radius 1 is 1.31 bits per heavy atom. The van der Waals surface area contributed by atoms with Gasteiger partial charge in [0.25, 0.3) is 5.96 Å². The molecule has 3 rings (SSSR count). The van der Waals surface area contributed by atoms with Crippen LogP contribution in [0.15, 0.2) is 46.6 Å². The van der Waals surface area contributed by atoms with Crippen LogP contribution in [0.3, 0.4) is 0 Å². The van der Waals surface area contributed by atoms with Crippen molar-refractivity contribution in [2.45, 2.75) is 19.9 Å². The summed E-state index contributed by atoms with van der Waals surface area (Å²) in [5.41, 5.74) is 2.26. The zero-order valence-electron chi connectivity index (χ0n) is 18.5. The summed E-state index contributed by atoms with van der Waals surface area (Å²) in [6.45, 7) is 2.44. The molecule has 10 nitrogen and oxygen atoms in total. The fourth-order valence-electron chi connectivity index (χ4n) is 2.51. The van der Waals surface area contributed by atoms with Crippen LogP contribution < -0.4 is 10.6 Å². The molecule has 0 radical (unpaired) electrons. The van der Waals surface area contributed by atoms with Crippen LogP contribution in [0.5, 0.6) is 11.5 Å². The van der Waals surface area contributed by atoms with E-state index in [1.165, 1.54) is 18.4 Å². The normalized spacial score (nSPS) is 11.2. The molecule has 0 aliphatic rings. The summed E-state index contributed by atoms with van der Waals surface area (Å²) in [7, 11) is 1.54. The third-order valence-electron chi connectivity index (χ3n) is 4.22. The topological polar surface area (TPSA) is 145 Å². The Morgan fingerprint density at radius 3 is 2.66 bits per heavy atom. The Hall–Kier alpha value is -2.24. The van der Waals surface area contributed by atoms with Crippen molar-refractivity contribution >= 4 is 86.0 Å². The van der Waals surface area contributed by atoms with Crippen molar-refractivity contribution in [2.24, 2.45) is 10.1 Å². The molecule has 0 atom stereocenters. The Kier molecular flexibility index (Phi) is 11.9. The number of nitro groups is 1. The molecule has 0 bridgehead atoms. The highest BCUT2D eigenvalue weighted by molar-refractivity contribution is 14.1. The van der Waals surface area contributed by atoms with Gasteiger partial charge in [-0.1, -0.05) is 24.6 Å². The van der Waals surface area contributed by atoms with Crippen LogP contribution in [0.4, 0.5) is 5.69 Å². The van der Waals surface area contributed by atoms with Gasteiger partial charge in [-0.2, -0.15) is 0 Å². The minimum absolute atomic E-state index is 0.0875. The molecule has 14 heteroatoms. The third-order valence-corrected chi connectivity index (χ3v) is 6.78. The summed E-state index contributed by atoms with van der Waals surface area (Å²) in [6, 6.07) is 9.11. The number of aryl methyl sites for hydroxylation is 1. The van der Waals surface area contributed by atoms with E-state index < -0.39 is 5.03 Å². The van der Waals surface area contributed by atoms with Crippen LogP contribution in [0.1, 0.15) is 22.9 Å². The number of thiazole rings is 1. The number of nitrogens with zero attached hydrogens (tertiary/aromatic N) is 4. The molecular formula is C21H21ClI2N6O4S. The minimum atomic E-state index is -0.779. The Balaban J connectivity index is 0.000000258. The van der Waals surface area contributed by atoms with Crippen molar-refractivity contribution in [3.63, 3.8) is 0 Å². The van der Waals surface area contributed by atoms with Crippen LogP contribution in [0.2, 0.25) is 4.47 Å². The number of aliphatic imine (C=N–C) groups is 1. The van der Waals surface area contributed by atoms with E-state index in [2.05, 4.69) is 70.9 Å². The molecule has 1 aromatic heterocycles. The number of halogens is 3. The number of nitrogens with one attached hydrogen (secondary N) is 2. The van der Waals surface area contributed by atoms with E-state index in [-0.39, 0.29) is 17.5 Å². The first-order chi connectivity index (χ1) is 16.6. The van der Waals surface area contributed by atoms with Crippen molar-refractivity contribution in [1.82, 2.24) is 15.6 Å². The molecule has 3 aromatic rings. The average Bonchev–Trinajstić information content (AvgIpc) is 3.24. The lowest BCUT2D eigenvalue weighted by molar-refractivity contribution is -0.485. The lowest BCUT2D eigenvalue weighted by Crippen LogP contribution is -2.34. The number of hydrazone groups is 1. The van der Waals surface area contributed by atoms with Crippen molar-refractivity contribution in [1.29, 1.82) is 0 Å². The molecule has 0 unspecified atom stereocenters. The zero-order chi connectivity index (χ0) is 26.0. The number of benzene rings is 2. The largest absolute Gasteiger partial charge is 0.506 e. The van der Waals surface area contributed by atoms with Crippen molar-refractivity contribution in [3.8, 4) is 11.5 Å². The van der Waals surface area contributed by atoms with E-state index in [1.807, 2.05) is 31.2 Å². The molecule has 0 aliphatic heterocycles. The van der Waals surface area contributed by atoms with E-state index in [9.17, 15) is 20.3 Å². The molecule has 0 aliphatic carbocycles. The Morgan fingerprint density at radius 2 is 2.06 bits per heavy atom. The van der Waals surface area contributed by atoms with Gasteiger partial charge in [-0.25, -0.2) is 15.1 Å². The molecule has 35 heavy (non-hydrogen) atoms. The summed E-state index contributed by atoms with van der Waals surface area (Å²) in [5, 5.41) is 37.5. The molecule has 0 amide bonds. The SMILES string of the molecule is CCc1ccc(O)c(N=Cc2cc(I)cc(I)c2O)c1.CN/C(=N\[N+](=O)[O-])NCc1cnc(Cl)s1. The number of aromatic nitrogens is 1. The van der Waals surface area contributed by atoms with Gasteiger partial charge in [0.1, 0.15) is 22.3 Å². The van der Waals surface area contributed by atoms with E-state index in [4.69, 9.17) is 11.6 Å².